The first-order valence-electron chi connectivity index (χ1n) is 8.81. The number of nitrogens with zero attached hydrogens (tertiary/aromatic N) is 1. The van der Waals surface area contributed by atoms with Gasteiger partial charge in [-0.2, -0.15) is 0 Å². The number of benzene rings is 2. The van der Waals surface area contributed by atoms with Crippen molar-refractivity contribution >= 4 is 61.9 Å². The molecule has 0 atom stereocenters. The van der Waals surface area contributed by atoms with Crippen molar-refractivity contribution in [1.29, 1.82) is 0 Å². The highest BCUT2D eigenvalue weighted by Gasteiger charge is 2.10. The van der Waals surface area contributed by atoms with Crippen LogP contribution in [0.4, 0.5) is 5.13 Å². The van der Waals surface area contributed by atoms with Crippen molar-refractivity contribution in [1.82, 2.24) is 4.98 Å². The number of hydrogen-bond acceptors (Lipinski definition) is 4. The second-order valence-corrected chi connectivity index (χ2v) is 8.45. The summed E-state index contributed by atoms with van der Waals surface area (Å²) in [6.45, 7) is 4.04. The van der Waals surface area contributed by atoms with Crippen LogP contribution in [0.15, 0.2) is 53.0 Å². The second-order valence-electron chi connectivity index (χ2n) is 6.58. The van der Waals surface area contributed by atoms with Crippen molar-refractivity contribution in [3.63, 3.8) is 0 Å². The lowest BCUT2D eigenvalue weighted by Crippen LogP contribution is -2.07. The van der Waals surface area contributed by atoms with Crippen LogP contribution in [0.3, 0.4) is 0 Å². The van der Waals surface area contributed by atoms with E-state index in [1.807, 2.05) is 19.9 Å². The van der Waals surface area contributed by atoms with Gasteiger partial charge in [0.15, 0.2) is 5.13 Å². The Labute approximate surface area is 181 Å². The number of rotatable bonds is 4. The van der Waals surface area contributed by atoms with Crippen LogP contribution in [0, 0.1) is 13.8 Å². The fraction of sp³-hybridized carbons (Fsp3) is 0.0909. The molecule has 0 fully saturated rings. The monoisotopic (exact) mass is 442 g/mol. The molecule has 0 aliphatic heterocycles. The Morgan fingerprint density at radius 2 is 1.79 bits per heavy atom. The molecule has 0 aliphatic carbocycles. The molecule has 0 aliphatic rings. The van der Waals surface area contributed by atoms with Crippen LogP contribution in [-0.2, 0) is 4.79 Å². The number of fused-ring (bicyclic) bond motifs is 1. The summed E-state index contributed by atoms with van der Waals surface area (Å²) in [5.74, 6) is 0.886. The van der Waals surface area contributed by atoms with Crippen LogP contribution >= 0.6 is 34.5 Å². The fourth-order valence-corrected chi connectivity index (χ4v) is 4.45. The number of anilines is 1. The number of aromatic nitrogens is 1. The Hall–Kier alpha value is -2.60. The van der Waals surface area contributed by atoms with Crippen LogP contribution in [0.25, 0.3) is 27.6 Å². The van der Waals surface area contributed by atoms with Gasteiger partial charge in [-0.15, -0.1) is 0 Å². The zero-order valence-electron chi connectivity index (χ0n) is 15.6. The quantitative estimate of drug-likeness (QED) is 0.341. The summed E-state index contributed by atoms with van der Waals surface area (Å²) < 4.78 is 6.85. The van der Waals surface area contributed by atoms with Crippen LogP contribution in [0.5, 0.6) is 0 Å². The Kier molecular flexibility index (Phi) is 5.46. The van der Waals surface area contributed by atoms with E-state index in [9.17, 15) is 4.79 Å². The van der Waals surface area contributed by atoms with Crippen molar-refractivity contribution in [3.05, 3.63) is 75.5 Å². The van der Waals surface area contributed by atoms with Gasteiger partial charge in [-0.25, -0.2) is 4.98 Å². The maximum Gasteiger partial charge on any atom is 0.250 e. The molecule has 0 saturated carbocycles. The molecule has 4 nitrogen and oxygen atoms in total. The summed E-state index contributed by atoms with van der Waals surface area (Å²) in [4.78, 5) is 16.8. The minimum atomic E-state index is -0.275. The lowest BCUT2D eigenvalue weighted by molar-refractivity contribution is -0.111. The Bertz CT molecular complexity index is 1200. The molecule has 29 heavy (non-hydrogen) atoms. The molecule has 0 bridgehead atoms. The number of carbonyl (C=O) groups excluding carboxylic acids is 1. The van der Waals surface area contributed by atoms with E-state index in [0.717, 1.165) is 26.9 Å². The maximum absolute atomic E-state index is 12.3. The first-order chi connectivity index (χ1) is 13.9. The topological polar surface area (TPSA) is 55.1 Å². The van der Waals surface area contributed by atoms with Crippen LogP contribution in [-0.4, -0.2) is 10.9 Å². The van der Waals surface area contributed by atoms with Crippen LogP contribution in [0.1, 0.15) is 16.9 Å². The highest BCUT2D eigenvalue weighted by Crippen LogP contribution is 2.31. The Morgan fingerprint density at radius 1 is 1.07 bits per heavy atom. The predicted molar refractivity (Wildman–Crippen MR) is 121 cm³/mol. The van der Waals surface area contributed by atoms with Crippen LogP contribution in [0.2, 0.25) is 10.0 Å². The molecule has 0 radical (unpaired) electrons. The van der Waals surface area contributed by atoms with E-state index >= 15 is 0 Å². The lowest BCUT2D eigenvalue weighted by atomic mass is 10.1. The van der Waals surface area contributed by atoms with E-state index in [-0.39, 0.29) is 5.91 Å². The van der Waals surface area contributed by atoms with Gasteiger partial charge in [-0.1, -0.05) is 46.7 Å². The average Bonchev–Trinajstić information content (AvgIpc) is 3.30. The number of aryl methyl sites for hydroxylation is 2. The number of thiazole rings is 1. The van der Waals surface area contributed by atoms with Gasteiger partial charge in [0.2, 0.25) is 5.91 Å². The molecule has 4 rings (SSSR count). The number of halogens is 2. The van der Waals surface area contributed by atoms with Crippen molar-refractivity contribution < 1.29 is 9.21 Å². The average molecular weight is 443 g/mol. The number of nitrogens with one attached hydrogen (secondary N) is 1. The fourth-order valence-electron chi connectivity index (χ4n) is 2.91. The van der Waals surface area contributed by atoms with E-state index < -0.39 is 0 Å². The van der Waals surface area contributed by atoms with Gasteiger partial charge in [-0.3, -0.25) is 10.1 Å². The van der Waals surface area contributed by atoms with Crippen molar-refractivity contribution in [2.45, 2.75) is 13.8 Å². The van der Waals surface area contributed by atoms with Crippen molar-refractivity contribution in [2.24, 2.45) is 0 Å². The first-order valence-corrected chi connectivity index (χ1v) is 10.4. The molecule has 0 saturated heterocycles. The summed E-state index contributed by atoms with van der Waals surface area (Å²) in [7, 11) is 0. The summed E-state index contributed by atoms with van der Waals surface area (Å²) in [5.41, 5.74) is 3.92. The molecule has 2 aromatic heterocycles. The highest BCUT2D eigenvalue weighted by atomic mass is 35.5. The zero-order valence-corrected chi connectivity index (χ0v) is 18.0. The van der Waals surface area contributed by atoms with Gasteiger partial charge in [0.05, 0.1) is 10.2 Å². The van der Waals surface area contributed by atoms with Gasteiger partial charge in [0, 0.05) is 21.7 Å². The zero-order chi connectivity index (χ0) is 20.5. The molecule has 2 aromatic carbocycles. The summed E-state index contributed by atoms with van der Waals surface area (Å²) >= 11 is 13.5. The molecule has 0 spiro atoms. The lowest BCUT2D eigenvalue weighted by Gasteiger charge is -1.99. The second kappa shape index (κ2) is 8.03. The number of furan rings is 1. The Morgan fingerprint density at radius 3 is 2.52 bits per heavy atom. The van der Waals surface area contributed by atoms with Gasteiger partial charge in [0.25, 0.3) is 0 Å². The van der Waals surface area contributed by atoms with E-state index in [4.69, 9.17) is 27.6 Å². The largest absolute Gasteiger partial charge is 0.457 e. The van der Waals surface area contributed by atoms with Gasteiger partial charge < -0.3 is 4.42 Å². The minimum absolute atomic E-state index is 0.275. The third-order valence-electron chi connectivity index (χ3n) is 4.35. The molecular formula is C22H16Cl2N2O2S. The van der Waals surface area contributed by atoms with E-state index in [2.05, 4.69) is 16.4 Å². The summed E-state index contributed by atoms with van der Waals surface area (Å²) in [5, 5.41) is 4.44. The third-order valence-corrected chi connectivity index (χ3v) is 5.89. The first kappa shape index (κ1) is 19.7. The molecule has 2 heterocycles. The van der Waals surface area contributed by atoms with E-state index in [0.29, 0.717) is 26.7 Å². The molecular weight excluding hydrogens is 427 g/mol. The van der Waals surface area contributed by atoms with Gasteiger partial charge in [0.1, 0.15) is 11.5 Å². The number of hydrogen-bond donors (Lipinski definition) is 1. The smallest absolute Gasteiger partial charge is 0.250 e. The summed E-state index contributed by atoms with van der Waals surface area (Å²) in [6, 6.07) is 12.9. The number of amides is 1. The standard InChI is InChI=1S/C22H16Cl2N2O2S/c1-12-3-4-13(2)21-20(12)26-22(29-21)25-19(27)8-6-17-5-7-18(28-17)14-9-15(23)11-16(24)10-14/h3-11H,1-2H3,(H,25,26,27)/b8-6+. The van der Waals surface area contributed by atoms with Gasteiger partial charge >= 0.3 is 0 Å². The highest BCUT2D eigenvalue weighted by molar-refractivity contribution is 7.22. The third kappa shape index (κ3) is 4.37. The predicted octanol–water partition coefficient (Wildman–Crippen LogP) is 7.13. The molecule has 7 heteroatoms. The molecule has 4 aromatic rings. The SMILES string of the molecule is Cc1ccc(C)c2sc(NC(=O)/C=C/c3ccc(-c4cc(Cl)cc(Cl)c4)o3)nc12. The minimum Gasteiger partial charge on any atom is -0.457 e. The molecule has 1 N–H and O–H groups in total. The van der Waals surface area contributed by atoms with E-state index in [1.165, 1.54) is 17.4 Å². The maximum atomic E-state index is 12.3. The van der Waals surface area contributed by atoms with Crippen molar-refractivity contribution in [2.75, 3.05) is 5.32 Å². The normalized spacial score (nSPS) is 11.4. The summed E-state index contributed by atoms with van der Waals surface area (Å²) in [6.07, 6.45) is 3.02. The Balaban J connectivity index is 1.48. The molecule has 146 valence electrons. The van der Waals surface area contributed by atoms with Crippen LogP contribution < -0.4 is 5.32 Å². The number of carbonyl (C=O) groups is 1. The molecule has 0 unspecified atom stereocenters. The van der Waals surface area contributed by atoms with E-state index in [1.54, 1.807) is 36.4 Å². The van der Waals surface area contributed by atoms with Gasteiger partial charge in [-0.05, 0) is 61.4 Å². The van der Waals surface area contributed by atoms with Crippen molar-refractivity contribution in [3.8, 4) is 11.3 Å². The molecule has 1 amide bonds.